The van der Waals surface area contributed by atoms with Gasteiger partial charge in [-0.05, 0) is 30.7 Å². The molecule has 5 nitrogen and oxygen atoms in total. The third-order valence-corrected chi connectivity index (χ3v) is 3.59. The number of aromatic amines is 1. The van der Waals surface area contributed by atoms with Crippen LogP contribution in [0, 0.1) is 0 Å². The van der Waals surface area contributed by atoms with Crippen LogP contribution in [0.15, 0.2) is 64.4 Å². The minimum absolute atomic E-state index is 0.0840. The highest BCUT2D eigenvalue weighted by atomic mass is 16.3. The summed E-state index contributed by atoms with van der Waals surface area (Å²) >= 11 is 0. The number of nitrogens with zero attached hydrogens (tertiary/aromatic N) is 2. The number of aromatic hydroxyl groups is 1. The summed E-state index contributed by atoms with van der Waals surface area (Å²) in [5, 5.41) is 12.9. The molecule has 0 amide bonds. The number of phenolic OH excluding ortho intramolecular Hbond substituents is 1. The number of hydrogen-bond donors (Lipinski definition) is 2. The molecule has 23 heavy (non-hydrogen) atoms. The summed E-state index contributed by atoms with van der Waals surface area (Å²) in [6.07, 6.45) is 2.18. The Morgan fingerprint density at radius 2 is 1.83 bits per heavy atom. The Kier molecular flexibility index (Phi) is 4.10. The zero-order chi connectivity index (χ0) is 16.2. The molecule has 0 unspecified atom stereocenters. The predicted molar refractivity (Wildman–Crippen MR) is 91.1 cm³/mol. The van der Waals surface area contributed by atoms with Crippen LogP contribution in [0.4, 0.5) is 5.69 Å². The number of aryl methyl sites for hydroxylation is 1. The van der Waals surface area contributed by atoms with E-state index >= 15 is 0 Å². The summed E-state index contributed by atoms with van der Waals surface area (Å²) in [4.78, 5) is 16.9. The largest absolute Gasteiger partial charge is 0.506 e. The Balaban J connectivity index is 2.05. The normalized spacial score (nSPS) is 11.2. The fourth-order valence-corrected chi connectivity index (χ4v) is 2.36. The molecule has 3 aromatic rings. The summed E-state index contributed by atoms with van der Waals surface area (Å²) in [7, 11) is 0. The Labute approximate surface area is 133 Å². The van der Waals surface area contributed by atoms with E-state index in [0.717, 1.165) is 11.4 Å². The molecule has 0 fully saturated rings. The summed E-state index contributed by atoms with van der Waals surface area (Å²) < 4.78 is 1.50. The second-order valence-electron chi connectivity index (χ2n) is 5.08. The van der Waals surface area contributed by atoms with Crippen molar-refractivity contribution in [3.05, 3.63) is 76.2 Å². The Hall–Kier alpha value is -3.08. The van der Waals surface area contributed by atoms with Gasteiger partial charge in [-0.15, -0.1) is 0 Å². The van der Waals surface area contributed by atoms with Crippen LogP contribution in [-0.2, 0) is 6.42 Å². The molecule has 0 radical (unpaired) electrons. The van der Waals surface area contributed by atoms with Crippen LogP contribution in [0.3, 0.4) is 0 Å². The fraction of sp³-hybridized carbons (Fsp3) is 0.111. The van der Waals surface area contributed by atoms with E-state index in [1.807, 2.05) is 37.3 Å². The number of aliphatic imine (C=N–C) groups is 1. The first-order valence-corrected chi connectivity index (χ1v) is 7.42. The maximum Gasteiger partial charge on any atom is 0.280 e. The second kappa shape index (κ2) is 6.36. The molecule has 0 aliphatic heterocycles. The monoisotopic (exact) mass is 307 g/mol. The van der Waals surface area contributed by atoms with Gasteiger partial charge in [0.15, 0.2) is 0 Å². The fourth-order valence-electron chi connectivity index (χ4n) is 2.36. The molecule has 0 aliphatic carbocycles. The van der Waals surface area contributed by atoms with Gasteiger partial charge in [-0.2, -0.15) is 0 Å². The quantitative estimate of drug-likeness (QED) is 0.727. The van der Waals surface area contributed by atoms with Gasteiger partial charge in [0.25, 0.3) is 5.56 Å². The lowest BCUT2D eigenvalue weighted by Crippen LogP contribution is -2.17. The molecule has 2 N–H and O–H groups in total. The molecule has 0 saturated carbocycles. The van der Waals surface area contributed by atoms with Crippen molar-refractivity contribution in [2.75, 3.05) is 0 Å². The number of benzene rings is 2. The molecule has 116 valence electrons. The summed E-state index contributed by atoms with van der Waals surface area (Å²) in [6, 6.07) is 16.2. The molecule has 0 saturated heterocycles. The van der Waals surface area contributed by atoms with Crippen LogP contribution in [0.5, 0.6) is 5.75 Å². The number of hydrogen-bond acceptors (Lipinski definition) is 3. The van der Waals surface area contributed by atoms with Gasteiger partial charge in [0.05, 0.1) is 11.3 Å². The number of para-hydroxylation sites is 3. The third-order valence-electron chi connectivity index (χ3n) is 3.59. The van der Waals surface area contributed by atoms with E-state index in [4.69, 9.17) is 0 Å². The van der Waals surface area contributed by atoms with Crippen molar-refractivity contribution < 1.29 is 5.11 Å². The maximum atomic E-state index is 12.6. The smallest absolute Gasteiger partial charge is 0.280 e. The first-order valence-electron chi connectivity index (χ1n) is 7.42. The summed E-state index contributed by atoms with van der Waals surface area (Å²) in [5.41, 5.74) is 2.35. The van der Waals surface area contributed by atoms with Gasteiger partial charge in [-0.1, -0.05) is 37.3 Å². The molecule has 5 heteroatoms. The minimum Gasteiger partial charge on any atom is -0.506 e. The van der Waals surface area contributed by atoms with Gasteiger partial charge in [0.1, 0.15) is 11.4 Å². The van der Waals surface area contributed by atoms with Gasteiger partial charge >= 0.3 is 0 Å². The van der Waals surface area contributed by atoms with Crippen LogP contribution in [0.2, 0.25) is 0 Å². The lowest BCUT2D eigenvalue weighted by molar-refractivity contribution is 0.477. The van der Waals surface area contributed by atoms with Crippen molar-refractivity contribution >= 4 is 11.9 Å². The van der Waals surface area contributed by atoms with Gasteiger partial charge in [0.2, 0.25) is 0 Å². The highest BCUT2D eigenvalue weighted by molar-refractivity contribution is 5.83. The highest BCUT2D eigenvalue weighted by Crippen LogP contribution is 2.24. The van der Waals surface area contributed by atoms with E-state index in [1.54, 1.807) is 24.3 Å². The van der Waals surface area contributed by atoms with Crippen molar-refractivity contribution in [3.8, 4) is 11.4 Å². The average Bonchev–Trinajstić information content (AvgIpc) is 2.91. The molecule has 0 atom stereocenters. The number of aromatic nitrogens is 2. The standard InChI is InChI=1S/C18H17N3O2/c1-2-15-14(12-19-16-10-6-7-11-17(16)22)18(23)21(20-15)13-8-4-3-5-9-13/h3-12,20,22H,2H2,1H3. The van der Waals surface area contributed by atoms with E-state index in [2.05, 4.69) is 10.1 Å². The number of phenols is 1. The van der Waals surface area contributed by atoms with Gasteiger partial charge < -0.3 is 5.11 Å². The SMILES string of the molecule is CCc1[nH]n(-c2ccccc2)c(=O)c1C=Nc1ccccc1O. The van der Waals surface area contributed by atoms with Crippen LogP contribution in [0.25, 0.3) is 5.69 Å². The predicted octanol–water partition coefficient (Wildman–Crippen LogP) is 3.18. The first-order chi connectivity index (χ1) is 11.2. The molecule has 1 aromatic heterocycles. The Morgan fingerprint density at radius 1 is 1.13 bits per heavy atom. The molecular weight excluding hydrogens is 290 g/mol. The molecule has 2 aromatic carbocycles. The third kappa shape index (κ3) is 2.94. The molecule has 0 aliphatic rings. The Bertz CT molecular complexity index is 892. The average molecular weight is 307 g/mol. The minimum atomic E-state index is -0.160. The molecule has 3 rings (SSSR count). The van der Waals surface area contributed by atoms with E-state index in [-0.39, 0.29) is 11.3 Å². The molecular formula is C18H17N3O2. The van der Waals surface area contributed by atoms with Crippen molar-refractivity contribution in [2.45, 2.75) is 13.3 Å². The van der Waals surface area contributed by atoms with E-state index in [0.29, 0.717) is 17.7 Å². The van der Waals surface area contributed by atoms with Crippen LogP contribution in [0.1, 0.15) is 18.2 Å². The van der Waals surface area contributed by atoms with E-state index in [1.165, 1.54) is 10.9 Å². The van der Waals surface area contributed by atoms with Crippen molar-refractivity contribution in [1.82, 2.24) is 9.78 Å². The number of rotatable bonds is 4. The summed E-state index contributed by atoms with van der Waals surface area (Å²) in [6.45, 7) is 1.97. The topological polar surface area (TPSA) is 70.4 Å². The van der Waals surface area contributed by atoms with Crippen molar-refractivity contribution in [3.63, 3.8) is 0 Å². The Morgan fingerprint density at radius 3 is 2.52 bits per heavy atom. The van der Waals surface area contributed by atoms with E-state index in [9.17, 15) is 9.90 Å². The lowest BCUT2D eigenvalue weighted by atomic mass is 10.2. The molecule has 0 bridgehead atoms. The van der Waals surface area contributed by atoms with E-state index < -0.39 is 0 Å². The molecule has 1 heterocycles. The highest BCUT2D eigenvalue weighted by Gasteiger charge is 2.12. The van der Waals surface area contributed by atoms with Crippen LogP contribution in [-0.4, -0.2) is 21.1 Å². The van der Waals surface area contributed by atoms with Gasteiger partial charge in [0, 0.05) is 11.9 Å². The van der Waals surface area contributed by atoms with Crippen molar-refractivity contribution in [2.24, 2.45) is 4.99 Å². The zero-order valence-electron chi connectivity index (χ0n) is 12.7. The molecule has 0 spiro atoms. The van der Waals surface area contributed by atoms with Gasteiger partial charge in [-0.25, -0.2) is 4.68 Å². The zero-order valence-corrected chi connectivity index (χ0v) is 12.7. The summed E-state index contributed by atoms with van der Waals surface area (Å²) in [5.74, 6) is 0.0840. The van der Waals surface area contributed by atoms with Crippen molar-refractivity contribution in [1.29, 1.82) is 0 Å². The van der Waals surface area contributed by atoms with Gasteiger partial charge in [-0.3, -0.25) is 14.9 Å². The number of H-pyrrole nitrogens is 1. The number of nitrogens with one attached hydrogen (secondary N) is 1. The second-order valence-corrected chi connectivity index (χ2v) is 5.08. The van der Waals surface area contributed by atoms with Crippen LogP contribution < -0.4 is 5.56 Å². The maximum absolute atomic E-state index is 12.6. The lowest BCUT2D eigenvalue weighted by Gasteiger charge is -1.99. The first kappa shape index (κ1) is 14.8. The van der Waals surface area contributed by atoms with Crippen LogP contribution >= 0.6 is 0 Å².